The van der Waals surface area contributed by atoms with Crippen molar-refractivity contribution >= 4 is 23.4 Å². The van der Waals surface area contributed by atoms with Crippen LogP contribution in [0.5, 0.6) is 0 Å². The molecule has 1 fully saturated rings. The maximum Gasteiger partial charge on any atom is 0.0450 e. The van der Waals surface area contributed by atoms with Crippen LogP contribution in [-0.4, -0.2) is 18.1 Å². The minimum atomic E-state index is 0.862. The van der Waals surface area contributed by atoms with Gasteiger partial charge in [-0.25, -0.2) is 0 Å². The lowest BCUT2D eigenvalue weighted by molar-refractivity contribution is 0.732. The Morgan fingerprint density at radius 3 is 2.88 bits per heavy atom. The molecular weight excluding hydrogens is 238 g/mol. The molecule has 0 bridgehead atoms. The minimum Gasteiger partial charge on any atom is -0.312 e. The number of benzene rings is 1. The number of hydrogen-bond donors (Lipinski definition) is 1. The Bertz CT molecular complexity index is 325. The molecule has 0 spiro atoms. The minimum absolute atomic E-state index is 0.862. The van der Waals surface area contributed by atoms with Gasteiger partial charge in [-0.2, -0.15) is 11.8 Å². The zero-order chi connectivity index (χ0) is 11.2. The fourth-order valence-corrected chi connectivity index (χ4v) is 2.87. The SMILES string of the molecule is Clc1ccccc1CNCCSCC1CC1. The average Bonchev–Trinajstić information content (AvgIpc) is 3.09. The van der Waals surface area contributed by atoms with E-state index in [1.807, 2.05) is 18.2 Å². The molecule has 0 radical (unpaired) electrons. The zero-order valence-corrected chi connectivity index (χ0v) is 11.0. The Kier molecular flexibility index (Phi) is 5.01. The lowest BCUT2D eigenvalue weighted by Gasteiger charge is -2.06. The summed E-state index contributed by atoms with van der Waals surface area (Å²) in [5.41, 5.74) is 1.19. The Balaban J connectivity index is 1.55. The van der Waals surface area contributed by atoms with Crippen LogP contribution in [0.3, 0.4) is 0 Å². The maximum absolute atomic E-state index is 6.07. The molecule has 0 amide bonds. The van der Waals surface area contributed by atoms with Crippen LogP contribution in [0.2, 0.25) is 5.02 Å². The molecule has 0 aliphatic heterocycles. The van der Waals surface area contributed by atoms with Gasteiger partial charge in [-0.05, 0) is 36.1 Å². The van der Waals surface area contributed by atoms with Gasteiger partial charge >= 0.3 is 0 Å². The van der Waals surface area contributed by atoms with Gasteiger partial charge in [0.25, 0.3) is 0 Å². The summed E-state index contributed by atoms with van der Waals surface area (Å²) in [5, 5.41) is 4.29. The number of rotatable bonds is 7. The topological polar surface area (TPSA) is 12.0 Å². The molecule has 1 nitrogen and oxygen atoms in total. The summed E-state index contributed by atoms with van der Waals surface area (Å²) in [5.74, 6) is 3.60. The first-order chi connectivity index (χ1) is 7.86. The number of thioether (sulfide) groups is 1. The molecule has 0 atom stereocenters. The van der Waals surface area contributed by atoms with Crippen LogP contribution in [0, 0.1) is 5.92 Å². The number of halogens is 1. The first-order valence-corrected chi connectivity index (χ1v) is 7.41. The summed E-state index contributed by atoms with van der Waals surface area (Å²) in [6.45, 7) is 1.95. The predicted octanol–water partition coefficient (Wildman–Crippen LogP) is 3.57. The van der Waals surface area contributed by atoms with Crippen LogP contribution in [0.4, 0.5) is 0 Å². The van der Waals surface area contributed by atoms with Gasteiger partial charge in [-0.3, -0.25) is 0 Å². The molecule has 16 heavy (non-hydrogen) atoms. The van der Waals surface area contributed by atoms with E-state index in [9.17, 15) is 0 Å². The summed E-state index contributed by atoms with van der Waals surface area (Å²) in [4.78, 5) is 0. The van der Waals surface area contributed by atoms with Gasteiger partial charge in [-0.1, -0.05) is 29.8 Å². The van der Waals surface area contributed by atoms with Gasteiger partial charge < -0.3 is 5.32 Å². The number of hydrogen-bond acceptors (Lipinski definition) is 2. The van der Waals surface area contributed by atoms with Crippen molar-refractivity contribution in [3.8, 4) is 0 Å². The third kappa shape index (κ3) is 4.36. The summed E-state index contributed by atoms with van der Waals surface area (Å²) < 4.78 is 0. The van der Waals surface area contributed by atoms with Gasteiger partial charge in [0, 0.05) is 23.9 Å². The molecule has 0 unspecified atom stereocenters. The van der Waals surface area contributed by atoms with Crippen molar-refractivity contribution in [3.05, 3.63) is 34.9 Å². The second kappa shape index (κ2) is 6.53. The van der Waals surface area contributed by atoms with E-state index in [2.05, 4.69) is 23.1 Å². The largest absolute Gasteiger partial charge is 0.312 e. The second-order valence-electron chi connectivity index (χ2n) is 4.29. The summed E-state index contributed by atoms with van der Waals surface area (Å²) in [6, 6.07) is 8.02. The van der Waals surface area contributed by atoms with Crippen LogP contribution in [0.1, 0.15) is 18.4 Å². The van der Waals surface area contributed by atoms with Crippen LogP contribution < -0.4 is 5.32 Å². The standard InChI is InChI=1S/C13H18ClNS/c14-13-4-2-1-3-12(13)9-15-7-8-16-10-11-5-6-11/h1-4,11,15H,5-10H2. The Hall–Kier alpha value is -0.180. The first-order valence-electron chi connectivity index (χ1n) is 5.88. The Morgan fingerprint density at radius 2 is 2.12 bits per heavy atom. The molecule has 88 valence electrons. The molecule has 0 aromatic heterocycles. The van der Waals surface area contributed by atoms with Crippen molar-refractivity contribution in [2.75, 3.05) is 18.1 Å². The predicted molar refractivity (Wildman–Crippen MR) is 73.2 cm³/mol. The molecule has 1 aromatic rings. The quantitative estimate of drug-likeness (QED) is 0.748. The third-order valence-corrected chi connectivity index (χ3v) is 4.32. The molecule has 1 N–H and O–H groups in total. The number of nitrogens with one attached hydrogen (secondary N) is 1. The van der Waals surface area contributed by atoms with Crippen molar-refractivity contribution in [2.24, 2.45) is 5.92 Å². The summed E-state index contributed by atoms with van der Waals surface area (Å²) in [6.07, 6.45) is 2.92. The molecule has 2 rings (SSSR count). The van der Waals surface area contributed by atoms with Crippen LogP contribution in [0.15, 0.2) is 24.3 Å². The lowest BCUT2D eigenvalue weighted by Crippen LogP contribution is -2.17. The van der Waals surface area contributed by atoms with Gasteiger partial charge in [0.05, 0.1) is 0 Å². The van der Waals surface area contributed by atoms with Gasteiger partial charge in [0.15, 0.2) is 0 Å². The van der Waals surface area contributed by atoms with Gasteiger partial charge in [0.1, 0.15) is 0 Å². The monoisotopic (exact) mass is 255 g/mol. The third-order valence-electron chi connectivity index (χ3n) is 2.75. The maximum atomic E-state index is 6.07. The van der Waals surface area contributed by atoms with E-state index < -0.39 is 0 Å². The summed E-state index contributed by atoms with van der Waals surface area (Å²) >= 11 is 8.14. The molecule has 1 aliphatic rings. The van der Waals surface area contributed by atoms with Crippen molar-refractivity contribution < 1.29 is 0 Å². The van der Waals surface area contributed by atoms with Crippen LogP contribution in [-0.2, 0) is 6.54 Å². The van der Waals surface area contributed by atoms with E-state index >= 15 is 0 Å². The molecule has 0 saturated heterocycles. The molecule has 1 aromatic carbocycles. The van der Waals surface area contributed by atoms with Crippen LogP contribution >= 0.6 is 23.4 Å². The fraction of sp³-hybridized carbons (Fsp3) is 0.538. The molecule has 3 heteroatoms. The van der Waals surface area contributed by atoms with Gasteiger partial charge in [0.2, 0.25) is 0 Å². The van der Waals surface area contributed by atoms with E-state index in [-0.39, 0.29) is 0 Å². The molecular formula is C13H18ClNS. The summed E-state index contributed by atoms with van der Waals surface area (Å²) in [7, 11) is 0. The fourth-order valence-electron chi connectivity index (χ4n) is 1.54. The van der Waals surface area contributed by atoms with E-state index in [1.165, 1.54) is 29.9 Å². The zero-order valence-electron chi connectivity index (χ0n) is 9.42. The lowest BCUT2D eigenvalue weighted by atomic mass is 10.2. The van der Waals surface area contributed by atoms with Crippen LogP contribution in [0.25, 0.3) is 0 Å². The highest BCUT2D eigenvalue weighted by atomic mass is 35.5. The van der Waals surface area contributed by atoms with E-state index in [4.69, 9.17) is 11.6 Å². The molecule has 0 heterocycles. The Labute approximate surface area is 107 Å². The van der Waals surface area contributed by atoms with Gasteiger partial charge in [-0.15, -0.1) is 0 Å². The van der Waals surface area contributed by atoms with E-state index in [0.717, 1.165) is 24.0 Å². The second-order valence-corrected chi connectivity index (χ2v) is 5.84. The van der Waals surface area contributed by atoms with Crippen molar-refractivity contribution in [2.45, 2.75) is 19.4 Å². The van der Waals surface area contributed by atoms with Crippen molar-refractivity contribution in [3.63, 3.8) is 0 Å². The molecule has 1 saturated carbocycles. The molecule has 1 aliphatic carbocycles. The van der Waals surface area contributed by atoms with Crippen molar-refractivity contribution in [1.82, 2.24) is 5.32 Å². The average molecular weight is 256 g/mol. The van der Waals surface area contributed by atoms with Crippen molar-refractivity contribution in [1.29, 1.82) is 0 Å². The Morgan fingerprint density at radius 1 is 1.31 bits per heavy atom. The van der Waals surface area contributed by atoms with E-state index in [1.54, 1.807) is 0 Å². The van der Waals surface area contributed by atoms with E-state index in [0.29, 0.717) is 0 Å². The highest BCUT2D eigenvalue weighted by molar-refractivity contribution is 7.99. The normalized spacial score (nSPS) is 15.3. The smallest absolute Gasteiger partial charge is 0.0450 e. The first kappa shape index (κ1) is 12.3. The highest BCUT2D eigenvalue weighted by Gasteiger charge is 2.20. The highest BCUT2D eigenvalue weighted by Crippen LogP contribution is 2.32.